The van der Waals surface area contributed by atoms with Crippen molar-refractivity contribution >= 4 is 40.7 Å². The summed E-state index contributed by atoms with van der Waals surface area (Å²) in [6, 6.07) is 12.1. The van der Waals surface area contributed by atoms with Gasteiger partial charge in [-0.1, -0.05) is 29.4 Å². The van der Waals surface area contributed by atoms with E-state index in [1.807, 2.05) is 12.1 Å². The Morgan fingerprint density at radius 2 is 1.67 bits per heavy atom. The van der Waals surface area contributed by atoms with Crippen LogP contribution in [-0.4, -0.2) is 67.3 Å². The maximum absolute atomic E-state index is 13.5. The number of aromatic nitrogens is 2. The summed E-state index contributed by atoms with van der Waals surface area (Å²) in [5, 5.41) is 3.82. The second-order valence-electron chi connectivity index (χ2n) is 9.70. The molecule has 0 amide bonds. The molecule has 2 aromatic heterocycles. The van der Waals surface area contributed by atoms with E-state index in [-0.39, 0.29) is 48.7 Å². The summed E-state index contributed by atoms with van der Waals surface area (Å²) in [5.41, 5.74) is 3.78. The molecule has 1 N–H and O–H groups in total. The van der Waals surface area contributed by atoms with Gasteiger partial charge in [0.2, 0.25) is 11.8 Å². The van der Waals surface area contributed by atoms with E-state index < -0.39 is 22.7 Å². The maximum Gasteiger partial charge on any atom is 0.401 e. The summed E-state index contributed by atoms with van der Waals surface area (Å²) >= 11 is 0. The first kappa shape index (κ1) is 33.4. The van der Waals surface area contributed by atoms with Crippen LogP contribution in [0, 0.1) is 13.8 Å². The van der Waals surface area contributed by atoms with E-state index in [0.717, 1.165) is 5.56 Å². The highest BCUT2D eigenvalue weighted by molar-refractivity contribution is 7.92. The lowest BCUT2D eigenvalue weighted by Crippen LogP contribution is -2.48. The van der Waals surface area contributed by atoms with E-state index in [1.165, 1.54) is 23.4 Å². The van der Waals surface area contributed by atoms with E-state index in [1.54, 1.807) is 38.1 Å². The van der Waals surface area contributed by atoms with Gasteiger partial charge < -0.3 is 8.94 Å². The number of halogens is 5. The van der Waals surface area contributed by atoms with Gasteiger partial charge in [0.25, 0.3) is 10.0 Å². The van der Waals surface area contributed by atoms with Crippen molar-refractivity contribution in [3.63, 3.8) is 0 Å². The lowest BCUT2D eigenvalue weighted by molar-refractivity contribution is -0.149. The molecule has 4 aromatic rings. The number of oxazole rings is 1. The minimum Gasteiger partial charge on any atom is -0.445 e. The lowest BCUT2D eigenvalue weighted by atomic mass is 9.96. The Balaban J connectivity index is 0.00000242. The Hall–Kier alpha value is -3.10. The monoisotopic (exact) mass is 647 g/mol. The first-order valence-electron chi connectivity index (χ1n) is 12.6. The molecule has 42 heavy (non-hydrogen) atoms. The number of sulfonamides is 1. The van der Waals surface area contributed by atoms with Crippen molar-refractivity contribution in [2.75, 3.05) is 37.4 Å². The number of piperazine rings is 1. The van der Waals surface area contributed by atoms with Crippen LogP contribution in [-0.2, 0) is 16.6 Å². The van der Waals surface area contributed by atoms with Crippen LogP contribution in [0.15, 0.2) is 68.8 Å². The molecule has 9 nitrogen and oxygen atoms in total. The molecular formula is C27H30Cl2F3N5O4S. The van der Waals surface area contributed by atoms with Crippen molar-refractivity contribution in [2.24, 2.45) is 0 Å². The van der Waals surface area contributed by atoms with E-state index >= 15 is 0 Å². The summed E-state index contributed by atoms with van der Waals surface area (Å²) in [5.74, 6) is 0.449. The van der Waals surface area contributed by atoms with Crippen molar-refractivity contribution < 1.29 is 30.5 Å². The third-order valence-corrected chi connectivity index (χ3v) is 8.29. The molecule has 0 spiro atoms. The minimum atomic E-state index is -4.24. The Kier molecular flexibility index (Phi) is 10.7. The van der Waals surface area contributed by atoms with Gasteiger partial charge in [0, 0.05) is 49.4 Å². The summed E-state index contributed by atoms with van der Waals surface area (Å²) < 4.78 is 78.8. The summed E-state index contributed by atoms with van der Waals surface area (Å²) in [4.78, 5) is 7.71. The molecule has 0 radical (unpaired) electrons. The molecule has 1 saturated heterocycles. The van der Waals surface area contributed by atoms with Gasteiger partial charge in [0.15, 0.2) is 0 Å². The highest BCUT2D eigenvalue weighted by atomic mass is 35.5. The third-order valence-electron chi connectivity index (χ3n) is 6.90. The summed E-state index contributed by atoms with van der Waals surface area (Å²) in [6.07, 6.45) is -1.25. The molecule has 2 aromatic carbocycles. The molecule has 3 heterocycles. The van der Waals surface area contributed by atoms with Gasteiger partial charge >= 0.3 is 6.18 Å². The van der Waals surface area contributed by atoms with Crippen LogP contribution in [0.2, 0.25) is 0 Å². The van der Waals surface area contributed by atoms with Gasteiger partial charge in [-0.15, -0.1) is 24.8 Å². The van der Waals surface area contributed by atoms with E-state index in [0.29, 0.717) is 53.5 Å². The Bertz CT molecular complexity index is 1590. The van der Waals surface area contributed by atoms with Crippen molar-refractivity contribution in [2.45, 2.75) is 31.5 Å². The van der Waals surface area contributed by atoms with E-state index in [2.05, 4.69) is 19.8 Å². The Morgan fingerprint density at radius 3 is 2.29 bits per heavy atom. The second-order valence-corrected chi connectivity index (χ2v) is 11.4. The normalized spacial score (nSPS) is 14.7. The molecule has 0 unspecified atom stereocenters. The van der Waals surface area contributed by atoms with Gasteiger partial charge in [-0.05, 0) is 43.2 Å². The van der Waals surface area contributed by atoms with Crippen molar-refractivity contribution in [3.8, 4) is 22.6 Å². The smallest absolute Gasteiger partial charge is 0.401 e. The van der Waals surface area contributed by atoms with Gasteiger partial charge in [-0.2, -0.15) is 13.2 Å². The van der Waals surface area contributed by atoms with Crippen molar-refractivity contribution in [3.05, 3.63) is 71.7 Å². The summed E-state index contributed by atoms with van der Waals surface area (Å²) in [6.45, 7) is 4.31. The number of nitrogens with one attached hydrogen (secondary N) is 1. The number of alkyl halides is 3. The number of nitrogens with zero attached hydrogens (tertiary/aromatic N) is 4. The first-order chi connectivity index (χ1) is 19.0. The van der Waals surface area contributed by atoms with Crippen LogP contribution in [0.5, 0.6) is 0 Å². The Morgan fingerprint density at radius 1 is 0.976 bits per heavy atom. The molecular weight excluding hydrogens is 618 g/mol. The molecule has 0 saturated carbocycles. The zero-order valence-corrected chi connectivity index (χ0v) is 25.2. The van der Waals surface area contributed by atoms with Crippen LogP contribution in [0.1, 0.15) is 16.8 Å². The van der Waals surface area contributed by atoms with Crippen LogP contribution < -0.4 is 4.72 Å². The molecule has 228 valence electrons. The van der Waals surface area contributed by atoms with E-state index in [9.17, 15) is 21.6 Å². The van der Waals surface area contributed by atoms with Gasteiger partial charge in [-0.25, -0.2) is 18.1 Å². The fourth-order valence-corrected chi connectivity index (χ4v) is 5.97. The number of hydrogen-bond donors (Lipinski definition) is 1. The second kappa shape index (κ2) is 13.5. The fourth-order valence-electron chi connectivity index (χ4n) is 4.70. The fraction of sp³-hybridized carbons (Fsp3) is 0.333. The highest BCUT2D eigenvalue weighted by Crippen LogP contribution is 2.35. The summed E-state index contributed by atoms with van der Waals surface area (Å²) in [7, 11) is -4.07. The molecule has 5 rings (SSSR count). The van der Waals surface area contributed by atoms with Crippen LogP contribution in [0.3, 0.4) is 0 Å². The standard InChI is InChI=1S/C27H28F3N5O4S.2ClH/c1-18-19(2)32-39-25(18)33-40(36,37)24-6-4-3-5-23(24)22-8-7-20(26-31-9-14-38-26)15-21(22)16-34-10-12-35(13-11-34)17-27(28,29)30;;/h3-9,14-15,33H,10-13,16-17H2,1-2H3;2*1H. The minimum absolute atomic E-state index is 0. The molecule has 1 aliphatic heterocycles. The number of anilines is 1. The molecule has 0 atom stereocenters. The number of rotatable bonds is 8. The molecule has 15 heteroatoms. The first-order valence-corrected chi connectivity index (χ1v) is 14.1. The zero-order chi connectivity index (χ0) is 28.5. The van der Waals surface area contributed by atoms with Crippen LogP contribution >= 0.6 is 24.8 Å². The van der Waals surface area contributed by atoms with E-state index in [4.69, 9.17) is 8.94 Å². The lowest BCUT2D eigenvalue weighted by Gasteiger charge is -2.35. The molecule has 1 aliphatic rings. The zero-order valence-electron chi connectivity index (χ0n) is 22.7. The third kappa shape index (κ3) is 7.64. The number of hydrogen-bond acceptors (Lipinski definition) is 8. The Labute approximate surface area is 253 Å². The quantitative estimate of drug-likeness (QED) is 0.251. The largest absolute Gasteiger partial charge is 0.445 e. The maximum atomic E-state index is 13.5. The number of benzene rings is 2. The predicted octanol–water partition coefficient (Wildman–Crippen LogP) is 5.94. The molecule has 1 fully saturated rings. The topological polar surface area (TPSA) is 105 Å². The molecule has 0 aliphatic carbocycles. The van der Waals surface area contributed by atoms with Crippen LogP contribution in [0.4, 0.5) is 19.1 Å². The number of aryl methyl sites for hydroxylation is 1. The van der Waals surface area contributed by atoms with Gasteiger partial charge in [-0.3, -0.25) is 9.80 Å². The van der Waals surface area contributed by atoms with Crippen LogP contribution in [0.25, 0.3) is 22.6 Å². The van der Waals surface area contributed by atoms with Gasteiger partial charge in [0.1, 0.15) is 6.26 Å². The predicted molar refractivity (Wildman–Crippen MR) is 156 cm³/mol. The average Bonchev–Trinajstić information content (AvgIpc) is 3.56. The molecule has 0 bridgehead atoms. The average molecular weight is 649 g/mol. The highest BCUT2D eigenvalue weighted by Gasteiger charge is 2.32. The van der Waals surface area contributed by atoms with Crippen molar-refractivity contribution in [1.82, 2.24) is 19.9 Å². The van der Waals surface area contributed by atoms with Gasteiger partial charge in [0.05, 0.1) is 23.3 Å². The van der Waals surface area contributed by atoms with Crippen molar-refractivity contribution in [1.29, 1.82) is 0 Å². The SMILES string of the molecule is Cc1noc(NS(=O)(=O)c2ccccc2-c2ccc(-c3ncco3)cc2CN2CCN(CC(F)(F)F)CC2)c1C.Cl.Cl.